The van der Waals surface area contributed by atoms with E-state index >= 15 is 0 Å². The van der Waals surface area contributed by atoms with Gasteiger partial charge < -0.3 is 0 Å². The molecule has 0 aliphatic heterocycles. The first kappa shape index (κ1) is 14.5. The third kappa shape index (κ3) is 2.67. The Morgan fingerprint density at radius 3 is 2.65 bits per heavy atom. The lowest BCUT2D eigenvalue weighted by atomic mass is 10.1. The van der Waals surface area contributed by atoms with Crippen molar-refractivity contribution in [2.45, 2.75) is 6.42 Å². The van der Waals surface area contributed by atoms with Gasteiger partial charge in [0.25, 0.3) is 0 Å². The average Bonchev–Trinajstić information content (AvgIpc) is 3.12. The van der Waals surface area contributed by atoms with Crippen LogP contribution in [0.2, 0.25) is 10.0 Å². The molecule has 4 aromatic rings. The molecule has 114 valence electrons. The highest BCUT2D eigenvalue weighted by atomic mass is 35.5. The summed E-state index contributed by atoms with van der Waals surface area (Å²) in [6, 6.07) is 5.45. The van der Waals surface area contributed by atoms with Crippen LogP contribution in [0.5, 0.6) is 0 Å². The van der Waals surface area contributed by atoms with Crippen molar-refractivity contribution in [3.63, 3.8) is 0 Å². The first-order valence-corrected chi connectivity index (χ1v) is 8.20. The van der Waals surface area contributed by atoms with E-state index in [2.05, 4.69) is 25.3 Å². The summed E-state index contributed by atoms with van der Waals surface area (Å²) in [5.74, 6) is 0.556. The Kier molecular flexibility index (Phi) is 3.68. The highest BCUT2D eigenvalue weighted by Crippen LogP contribution is 2.28. The van der Waals surface area contributed by atoms with E-state index in [-0.39, 0.29) is 0 Å². The number of fused-ring (bicyclic) bond motifs is 1. The topological polar surface area (TPSA) is 68.9 Å². The fourth-order valence-corrected chi connectivity index (χ4v) is 3.53. The van der Waals surface area contributed by atoms with Gasteiger partial charge in [-0.05, 0) is 17.7 Å². The van der Waals surface area contributed by atoms with Crippen molar-refractivity contribution in [2.75, 3.05) is 0 Å². The molecule has 3 heterocycles. The van der Waals surface area contributed by atoms with Gasteiger partial charge in [0.05, 0.1) is 6.20 Å². The van der Waals surface area contributed by atoms with Crippen molar-refractivity contribution in [3.05, 3.63) is 57.4 Å². The van der Waals surface area contributed by atoms with Crippen LogP contribution in [0.1, 0.15) is 10.6 Å². The number of benzene rings is 1. The van der Waals surface area contributed by atoms with Gasteiger partial charge in [-0.3, -0.25) is 4.98 Å². The highest BCUT2D eigenvalue weighted by Gasteiger charge is 2.16. The van der Waals surface area contributed by atoms with Gasteiger partial charge in [0.2, 0.25) is 10.8 Å². The van der Waals surface area contributed by atoms with Crippen LogP contribution in [0.25, 0.3) is 16.5 Å². The van der Waals surface area contributed by atoms with Crippen LogP contribution in [0.15, 0.2) is 36.8 Å². The van der Waals surface area contributed by atoms with Gasteiger partial charge in [-0.2, -0.15) is 9.61 Å². The number of halogens is 2. The molecule has 0 spiro atoms. The molecule has 0 N–H and O–H groups in total. The van der Waals surface area contributed by atoms with E-state index in [0.29, 0.717) is 32.9 Å². The maximum Gasteiger partial charge on any atom is 0.235 e. The molecule has 0 fully saturated rings. The second kappa shape index (κ2) is 5.84. The van der Waals surface area contributed by atoms with Crippen LogP contribution in [-0.2, 0) is 6.42 Å². The van der Waals surface area contributed by atoms with Crippen molar-refractivity contribution in [3.8, 4) is 11.5 Å². The van der Waals surface area contributed by atoms with E-state index < -0.39 is 0 Å². The van der Waals surface area contributed by atoms with Crippen molar-refractivity contribution in [2.24, 2.45) is 0 Å². The van der Waals surface area contributed by atoms with Crippen LogP contribution in [0.3, 0.4) is 0 Å². The molecule has 0 aliphatic rings. The first-order chi connectivity index (χ1) is 11.2. The zero-order valence-corrected chi connectivity index (χ0v) is 13.8. The minimum atomic E-state index is 0.534. The summed E-state index contributed by atoms with van der Waals surface area (Å²) in [6.07, 6.45) is 5.37. The Morgan fingerprint density at radius 2 is 1.91 bits per heavy atom. The predicted octanol–water partition coefficient (Wildman–Crippen LogP) is 3.54. The molecule has 6 nitrogen and oxygen atoms in total. The normalized spacial score (nSPS) is 11.2. The zero-order chi connectivity index (χ0) is 15.8. The molecule has 9 heteroatoms. The van der Waals surface area contributed by atoms with Crippen LogP contribution in [0.4, 0.5) is 0 Å². The summed E-state index contributed by atoms with van der Waals surface area (Å²) in [5.41, 5.74) is 1.47. The molecule has 23 heavy (non-hydrogen) atoms. The molecule has 0 aliphatic carbocycles. The minimum absolute atomic E-state index is 0.534. The van der Waals surface area contributed by atoms with Gasteiger partial charge in [0, 0.05) is 28.9 Å². The van der Waals surface area contributed by atoms with Gasteiger partial charge in [-0.15, -0.1) is 10.2 Å². The van der Waals surface area contributed by atoms with Gasteiger partial charge in [0.1, 0.15) is 10.7 Å². The predicted molar refractivity (Wildman–Crippen MR) is 89.0 cm³/mol. The third-order valence-corrected chi connectivity index (χ3v) is 4.82. The van der Waals surface area contributed by atoms with Crippen LogP contribution in [-0.4, -0.2) is 29.8 Å². The number of rotatable bonds is 3. The maximum atomic E-state index is 6.22. The Balaban J connectivity index is 1.75. The van der Waals surface area contributed by atoms with Gasteiger partial charge >= 0.3 is 0 Å². The van der Waals surface area contributed by atoms with Crippen molar-refractivity contribution >= 4 is 39.5 Å². The Hall–Kier alpha value is -2.09. The van der Waals surface area contributed by atoms with E-state index in [0.717, 1.165) is 10.6 Å². The van der Waals surface area contributed by atoms with E-state index in [4.69, 9.17) is 23.2 Å². The molecular weight excluding hydrogens is 355 g/mol. The number of nitrogens with zero attached hydrogens (tertiary/aromatic N) is 6. The van der Waals surface area contributed by atoms with Crippen molar-refractivity contribution in [1.82, 2.24) is 29.8 Å². The standard InChI is InChI=1S/C14H8Cl2N6S/c15-9-2-1-3-10(16)8(9)6-12-21-22-13(19-20-14(22)23-12)11-7-17-4-5-18-11/h1-5,7H,6H2. The smallest absolute Gasteiger partial charge is 0.235 e. The maximum absolute atomic E-state index is 6.22. The van der Waals surface area contributed by atoms with Gasteiger partial charge in [0.15, 0.2) is 0 Å². The Morgan fingerprint density at radius 1 is 1.09 bits per heavy atom. The molecule has 1 aromatic carbocycles. The average molecular weight is 363 g/mol. The fourth-order valence-electron chi connectivity index (χ4n) is 2.15. The molecule has 4 rings (SSSR count). The summed E-state index contributed by atoms with van der Waals surface area (Å²) >= 11 is 13.9. The highest BCUT2D eigenvalue weighted by molar-refractivity contribution is 7.16. The van der Waals surface area contributed by atoms with E-state index in [1.54, 1.807) is 23.1 Å². The molecule has 0 atom stereocenters. The minimum Gasteiger partial charge on any atom is -0.261 e. The van der Waals surface area contributed by atoms with E-state index in [1.165, 1.54) is 11.3 Å². The molecule has 0 radical (unpaired) electrons. The van der Waals surface area contributed by atoms with Crippen molar-refractivity contribution in [1.29, 1.82) is 0 Å². The molecule has 0 bridgehead atoms. The van der Waals surface area contributed by atoms with Crippen LogP contribution < -0.4 is 0 Å². The number of hydrogen-bond donors (Lipinski definition) is 0. The summed E-state index contributed by atoms with van der Waals surface area (Å²) < 4.78 is 1.66. The van der Waals surface area contributed by atoms with E-state index in [1.807, 2.05) is 18.2 Å². The Bertz CT molecular complexity index is 961. The number of aromatic nitrogens is 6. The van der Waals surface area contributed by atoms with E-state index in [9.17, 15) is 0 Å². The molecule has 0 saturated heterocycles. The summed E-state index contributed by atoms with van der Waals surface area (Å²) in [4.78, 5) is 8.96. The quantitative estimate of drug-likeness (QED) is 0.557. The fraction of sp³-hybridized carbons (Fsp3) is 0.0714. The van der Waals surface area contributed by atoms with Gasteiger partial charge in [-0.25, -0.2) is 4.98 Å². The lowest BCUT2D eigenvalue weighted by Gasteiger charge is -2.03. The van der Waals surface area contributed by atoms with Crippen LogP contribution >= 0.6 is 34.5 Å². The van der Waals surface area contributed by atoms with Crippen LogP contribution in [0, 0.1) is 0 Å². The summed E-state index contributed by atoms with van der Waals surface area (Å²) in [6.45, 7) is 0. The molecular formula is C14H8Cl2N6S. The van der Waals surface area contributed by atoms with Gasteiger partial charge in [-0.1, -0.05) is 40.6 Å². The third-order valence-electron chi connectivity index (χ3n) is 3.21. The molecule has 0 amide bonds. The number of hydrogen-bond acceptors (Lipinski definition) is 6. The van der Waals surface area contributed by atoms with Crippen molar-refractivity contribution < 1.29 is 0 Å². The summed E-state index contributed by atoms with van der Waals surface area (Å²) in [7, 11) is 0. The lowest BCUT2D eigenvalue weighted by molar-refractivity contribution is 0.910. The second-order valence-electron chi connectivity index (χ2n) is 4.68. The molecule has 0 unspecified atom stereocenters. The second-order valence-corrected chi connectivity index (χ2v) is 6.54. The lowest BCUT2D eigenvalue weighted by Crippen LogP contribution is -1.96. The largest absolute Gasteiger partial charge is 0.261 e. The SMILES string of the molecule is Clc1cccc(Cl)c1Cc1nn2c(-c3cnccn3)nnc2s1. The Labute approximate surface area is 144 Å². The monoisotopic (exact) mass is 362 g/mol. The molecule has 0 saturated carbocycles. The molecule has 3 aromatic heterocycles. The zero-order valence-electron chi connectivity index (χ0n) is 11.5. The summed E-state index contributed by atoms with van der Waals surface area (Å²) in [5, 5.41) is 14.9. The first-order valence-electron chi connectivity index (χ1n) is 6.63.